The standard InChI is InChI=1S/C21H32O11/c1-4-19(25)30-12-16(22)7-15(8-28-10-17(23)13-31-20(26)5-2)9-29-11-18(24)14-32-21(27)6-3/h4-6,15-18,22-24H,1-3,7-14H2. The third-order valence-corrected chi connectivity index (χ3v) is 3.69. The van der Waals surface area contributed by atoms with E-state index >= 15 is 0 Å². The summed E-state index contributed by atoms with van der Waals surface area (Å²) in [5, 5.41) is 29.6. The Bertz CT molecular complexity index is 569. The molecule has 0 saturated heterocycles. The summed E-state index contributed by atoms with van der Waals surface area (Å²) in [7, 11) is 0. The summed E-state index contributed by atoms with van der Waals surface area (Å²) < 4.78 is 25.0. The third-order valence-electron chi connectivity index (χ3n) is 3.69. The van der Waals surface area contributed by atoms with Gasteiger partial charge in [-0.3, -0.25) is 0 Å². The molecule has 0 bridgehead atoms. The molecule has 0 spiro atoms. The number of rotatable bonds is 19. The van der Waals surface area contributed by atoms with Gasteiger partial charge in [0, 0.05) is 24.1 Å². The van der Waals surface area contributed by atoms with Crippen molar-refractivity contribution in [3.8, 4) is 0 Å². The molecule has 0 aliphatic heterocycles. The molecule has 3 atom stereocenters. The molecule has 182 valence electrons. The molecule has 0 saturated carbocycles. The van der Waals surface area contributed by atoms with Crippen LogP contribution in [-0.2, 0) is 38.1 Å². The number of carbonyl (C=O) groups excluding carboxylic acids is 3. The molecule has 3 unspecified atom stereocenters. The van der Waals surface area contributed by atoms with Crippen molar-refractivity contribution in [3.63, 3.8) is 0 Å². The fraction of sp³-hybridized carbons (Fsp3) is 0.571. The highest BCUT2D eigenvalue weighted by atomic mass is 16.6. The number of hydrogen-bond donors (Lipinski definition) is 3. The summed E-state index contributed by atoms with van der Waals surface area (Å²) in [6.07, 6.45) is -0.137. The highest BCUT2D eigenvalue weighted by Crippen LogP contribution is 2.10. The van der Waals surface area contributed by atoms with Gasteiger partial charge in [-0.1, -0.05) is 19.7 Å². The van der Waals surface area contributed by atoms with Gasteiger partial charge >= 0.3 is 17.9 Å². The fourth-order valence-corrected chi connectivity index (χ4v) is 2.19. The SMILES string of the molecule is C=CC(=O)OCC(O)COCC(COCC(O)COC(=O)C=C)CC(O)COC(=O)C=C. The van der Waals surface area contributed by atoms with Crippen LogP contribution >= 0.6 is 0 Å². The molecule has 11 heteroatoms. The lowest BCUT2D eigenvalue weighted by molar-refractivity contribution is -0.142. The van der Waals surface area contributed by atoms with Crippen LogP contribution in [-0.4, -0.2) is 97.8 Å². The van der Waals surface area contributed by atoms with Crippen molar-refractivity contribution < 1.29 is 53.4 Å². The third kappa shape index (κ3) is 16.2. The number of aliphatic hydroxyl groups is 3. The van der Waals surface area contributed by atoms with E-state index in [9.17, 15) is 29.7 Å². The van der Waals surface area contributed by atoms with Gasteiger partial charge in [-0.2, -0.15) is 0 Å². The molecule has 11 nitrogen and oxygen atoms in total. The Balaban J connectivity index is 4.51. The molecule has 0 fully saturated rings. The molecule has 0 heterocycles. The number of hydrogen-bond acceptors (Lipinski definition) is 11. The lowest BCUT2D eigenvalue weighted by Crippen LogP contribution is -2.30. The van der Waals surface area contributed by atoms with Gasteiger partial charge in [0.25, 0.3) is 0 Å². The van der Waals surface area contributed by atoms with Crippen LogP contribution in [0, 0.1) is 5.92 Å². The van der Waals surface area contributed by atoms with E-state index in [2.05, 4.69) is 19.7 Å². The second-order valence-corrected chi connectivity index (χ2v) is 6.64. The van der Waals surface area contributed by atoms with E-state index in [1.807, 2.05) is 0 Å². The first-order valence-electron chi connectivity index (χ1n) is 9.79. The Kier molecular flexibility index (Phi) is 16.6. The Morgan fingerprint density at radius 1 is 0.594 bits per heavy atom. The first-order valence-corrected chi connectivity index (χ1v) is 9.79. The minimum Gasteiger partial charge on any atom is -0.460 e. The summed E-state index contributed by atoms with van der Waals surface area (Å²) in [4.78, 5) is 33.1. The van der Waals surface area contributed by atoms with Crippen molar-refractivity contribution in [2.45, 2.75) is 24.7 Å². The Hall–Kier alpha value is -2.57. The molecule has 0 rings (SSSR count). The van der Waals surface area contributed by atoms with Gasteiger partial charge in [0.1, 0.15) is 32.0 Å². The Morgan fingerprint density at radius 3 is 1.28 bits per heavy atom. The summed E-state index contributed by atoms with van der Waals surface area (Å²) in [5.41, 5.74) is 0. The van der Waals surface area contributed by atoms with Gasteiger partial charge < -0.3 is 39.0 Å². The second kappa shape index (κ2) is 18.0. The van der Waals surface area contributed by atoms with Gasteiger partial charge in [0.05, 0.1) is 32.5 Å². The number of esters is 3. The van der Waals surface area contributed by atoms with Crippen LogP contribution in [0.15, 0.2) is 38.0 Å². The highest BCUT2D eigenvalue weighted by Gasteiger charge is 2.19. The van der Waals surface area contributed by atoms with Crippen LogP contribution in [0.1, 0.15) is 6.42 Å². The van der Waals surface area contributed by atoms with Crippen molar-refractivity contribution >= 4 is 17.9 Å². The van der Waals surface area contributed by atoms with Gasteiger partial charge in [0.15, 0.2) is 0 Å². The van der Waals surface area contributed by atoms with E-state index in [4.69, 9.17) is 23.7 Å². The molecule has 0 aromatic rings. The van der Waals surface area contributed by atoms with Crippen LogP contribution < -0.4 is 0 Å². The lowest BCUT2D eigenvalue weighted by atomic mass is 10.0. The maximum atomic E-state index is 11.1. The fourth-order valence-electron chi connectivity index (χ4n) is 2.19. The average Bonchev–Trinajstić information content (AvgIpc) is 2.78. The zero-order chi connectivity index (χ0) is 24.4. The number of aliphatic hydroxyl groups excluding tert-OH is 3. The molecule has 0 radical (unpaired) electrons. The van der Waals surface area contributed by atoms with Crippen LogP contribution in [0.5, 0.6) is 0 Å². The average molecular weight is 460 g/mol. The van der Waals surface area contributed by atoms with Gasteiger partial charge in [-0.15, -0.1) is 0 Å². The minimum absolute atomic E-state index is 0.0421. The van der Waals surface area contributed by atoms with Gasteiger partial charge in [-0.05, 0) is 6.42 Å². The smallest absolute Gasteiger partial charge is 0.330 e. The van der Waals surface area contributed by atoms with Crippen molar-refractivity contribution in [2.75, 3.05) is 46.2 Å². The van der Waals surface area contributed by atoms with E-state index in [1.54, 1.807) is 0 Å². The molecular formula is C21H32O11. The molecule has 0 amide bonds. The lowest BCUT2D eigenvalue weighted by Gasteiger charge is -2.22. The summed E-state index contributed by atoms with van der Waals surface area (Å²) in [5.74, 6) is -2.43. The summed E-state index contributed by atoms with van der Waals surface area (Å²) in [6.45, 7) is 8.71. The van der Waals surface area contributed by atoms with Crippen LogP contribution in [0.4, 0.5) is 0 Å². The van der Waals surface area contributed by atoms with Crippen LogP contribution in [0.25, 0.3) is 0 Å². The van der Waals surface area contributed by atoms with Crippen molar-refractivity contribution in [3.05, 3.63) is 38.0 Å². The molecule has 0 aliphatic rings. The normalized spacial score (nSPS) is 14.3. The van der Waals surface area contributed by atoms with Gasteiger partial charge in [0.2, 0.25) is 0 Å². The molecule has 3 N–H and O–H groups in total. The van der Waals surface area contributed by atoms with E-state index in [-0.39, 0.29) is 52.7 Å². The zero-order valence-corrected chi connectivity index (χ0v) is 17.9. The van der Waals surface area contributed by atoms with Crippen molar-refractivity contribution in [1.29, 1.82) is 0 Å². The number of carbonyl (C=O) groups is 3. The molecular weight excluding hydrogens is 428 g/mol. The molecule has 0 aromatic heterocycles. The molecule has 0 aliphatic carbocycles. The maximum Gasteiger partial charge on any atom is 0.330 e. The number of ether oxygens (including phenoxy) is 5. The zero-order valence-electron chi connectivity index (χ0n) is 17.9. The molecule has 32 heavy (non-hydrogen) atoms. The quantitative estimate of drug-likeness (QED) is 0.127. The largest absolute Gasteiger partial charge is 0.460 e. The maximum absolute atomic E-state index is 11.1. The van der Waals surface area contributed by atoms with Gasteiger partial charge in [-0.25, -0.2) is 14.4 Å². The second-order valence-electron chi connectivity index (χ2n) is 6.64. The Labute approximate surface area is 186 Å². The van der Waals surface area contributed by atoms with E-state index in [0.717, 1.165) is 18.2 Å². The first kappa shape index (κ1) is 29.4. The highest BCUT2D eigenvalue weighted by molar-refractivity contribution is 5.81. The van der Waals surface area contributed by atoms with E-state index < -0.39 is 42.1 Å². The molecule has 0 aromatic carbocycles. The van der Waals surface area contributed by atoms with E-state index in [1.165, 1.54) is 0 Å². The monoisotopic (exact) mass is 460 g/mol. The summed E-state index contributed by atoms with van der Waals surface area (Å²) >= 11 is 0. The van der Waals surface area contributed by atoms with Crippen molar-refractivity contribution in [2.24, 2.45) is 5.92 Å². The predicted octanol–water partition coefficient (Wildman–Crippen LogP) is -0.704. The topological polar surface area (TPSA) is 158 Å². The minimum atomic E-state index is -1.07. The van der Waals surface area contributed by atoms with E-state index in [0.29, 0.717) is 0 Å². The summed E-state index contributed by atoms with van der Waals surface area (Å²) in [6, 6.07) is 0. The predicted molar refractivity (Wildman–Crippen MR) is 111 cm³/mol. The van der Waals surface area contributed by atoms with Crippen molar-refractivity contribution in [1.82, 2.24) is 0 Å². The first-order chi connectivity index (χ1) is 15.2. The Morgan fingerprint density at radius 2 is 0.938 bits per heavy atom. The van der Waals surface area contributed by atoms with Crippen LogP contribution in [0.3, 0.4) is 0 Å². The van der Waals surface area contributed by atoms with Crippen LogP contribution in [0.2, 0.25) is 0 Å².